The van der Waals surface area contributed by atoms with Crippen molar-refractivity contribution in [2.24, 2.45) is 0 Å². The molecule has 1 spiro atoms. The van der Waals surface area contributed by atoms with Crippen LogP contribution < -0.4 is 0 Å². The van der Waals surface area contributed by atoms with Crippen molar-refractivity contribution in [3.8, 4) is 0 Å². The highest BCUT2D eigenvalue weighted by Gasteiger charge is 2.44. The minimum absolute atomic E-state index is 0.0526. The molecule has 0 N–H and O–H groups in total. The number of aromatic nitrogens is 1. The van der Waals surface area contributed by atoms with Crippen LogP contribution in [0.25, 0.3) is 0 Å². The molecule has 1 aromatic heterocycles. The van der Waals surface area contributed by atoms with Crippen LogP contribution in [-0.4, -0.2) is 52.3 Å². The van der Waals surface area contributed by atoms with Crippen molar-refractivity contribution in [1.82, 2.24) is 14.8 Å². The number of hydrogen-bond donors (Lipinski definition) is 0. The van der Waals surface area contributed by atoms with Gasteiger partial charge in [0.15, 0.2) is 5.82 Å². The predicted molar refractivity (Wildman–Crippen MR) is 78.7 cm³/mol. The van der Waals surface area contributed by atoms with E-state index in [1.807, 2.05) is 7.05 Å². The summed E-state index contributed by atoms with van der Waals surface area (Å²) in [6.07, 6.45) is 6.54. The number of carbonyl (C=O) groups excluding carboxylic acids is 2. The number of halogens is 1. The Morgan fingerprint density at radius 1 is 1.36 bits per heavy atom. The molecule has 22 heavy (non-hydrogen) atoms. The molecular formula is C16H20FN3O2. The SMILES string of the molecule is CN1C(=O)CCC[C@]12CCCN(C(=O)c1ccncc1F)C2. The third-order valence-electron chi connectivity index (χ3n) is 4.96. The average Bonchev–Trinajstić information content (AvgIpc) is 2.53. The second-order valence-corrected chi connectivity index (χ2v) is 6.22. The molecule has 0 bridgehead atoms. The van der Waals surface area contributed by atoms with Crippen molar-refractivity contribution in [2.45, 2.75) is 37.6 Å². The molecule has 2 saturated heterocycles. The van der Waals surface area contributed by atoms with Gasteiger partial charge in [-0.05, 0) is 31.7 Å². The van der Waals surface area contributed by atoms with Crippen molar-refractivity contribution in [1.29, 1.82) is 0 Å². The summed E-state index contributed by atoms with van der Waals surface area (Å²) in [6.45, 7) is 1.08. The molecule has 0 unspecified atom stereocenters. The fourth-order valence-corrected chi connectivity index (χ4v) is 3.65. The fraction of sp³-hybridized carbons (Fsp3) is 0.562. The summed E-state index contributed by atoms with van der Waals surface area (Å²) in [5, 5.41) is 0. The Bertz CT molecular complexity index is 603. The highest BCUT2D eigenvalue weighted by molar-refractivity contribution is 5.94. The fourth-order valence-electron chi connectivity index (χ4n) is 3.65. The van der Waals surface area contributed by atoms with Crippen LogP contribution in [0, 0.1) is 5.82 Å². The van der Waals surface area contributed by atoms with E-state index in [4.69, 9.17) is 0 Å². The molecule has 6 heteroatoms. The van der Waals surface area contributed by atoms with E-state index in [1.54, 1.807) is 9.80 Å². The molecule has 2 fully saturated rings. The lowest BCUT2D eigenvalue weighted by Gasteiger charge is -2.50. The molecule has 0 radical (unpaired) electrons. The van der Waals surface area contributed by atoms with Crippen LogP contribution in [0.3, 0.4) is 0 Å². The second-order valence-electron chi connectivity index (χ2n) is 6.22. The number of hydrogen-bond acceptors (Lipinski definition) is 3. The number of nitrogens with zero attached hydrogens (tertiary/aromatic N) is 3. The third-order valence-corrected chi connectivity index (χ3v) is 4.96. The summed E-state index contributed by atoms with van der Waals surface area (Å²) in [5.74, 6) is -0.777. The smallest absolute Gasteiger partial charge is 0.257 e. The lowest BCUT2D eigenvalue weighted by molar-refractivity contribution is -0.142. The standard InChI is InChI=1S/C16H20FN3O2/c1-19-14(21)4-2-6-16(19)7-3-9-20(11-16)15(22)12-5-8-18-10-13(12)17/h5,8,10H,2-4,6-7,9,11H2,1H3/t16-/m1/s1. The van der Waals surface area contributed by atoms with Gasteiger partial charge < -0.3 is 9.80 Å². The quantitative estimate of drug-likeness (QED) is 0.795. The van der Waals surface area contributed by atoms with Gasteiger partial charge >= 0.3 is 0 Å². The second kappa shape index (κ2) is 5.66. The van der Waals surface area contributed by atoms with E-state index in [-0.39, 0.29) is 22.9 Å². The van der Waals surface area contributed by atoms with Gasteiger partial charge in [0.05, 0.1) is 17.3 Å². The maximum Gasteiger partial charge on any atom is 0.257 e. The largest absolute Gasteiger partial charge is 0.338 e. The Labute approximate surface area is 129 Å². The van der Waals surface area contributed by atoms with E-state index in [0.29, 0.717) is 19.5 Å². The zero-order chi connectivity index (χ0) is 15.7. The van der Waals surface area contributed by atoms with Crippen LogP contribution in [0.4, 0.5) is 4.39 Å². The average molecular weight is 305 g/mol. The van der Waals surface area contributed by atoms with Crippen LogP contribution in [0.5, 0.6) is 0 Å². The number of rotatable bonds is 1. The van der Waals surface area contributed by atoms with Crippen molar-refractivity contribution >= 4 is 11.8 Å². The molecule has 3 heterocycles. The highest BCUT2D eigenvalue weighted by Crippen LogP contribution is 2.36. The van der Waals surface area contributed by atoms with Gasteiger partial charge in [0, 0.05) is 32.8 Å². The Hall–Kier alpha value is -1.98. The topological polar surface area (TPSA) is 53.5 Å². The first kappa shape index (κ1) is 14.9. The van der Waals surface area contributed by atoms with E-state index >= 15 is 0 Å². The number of amides is 2. The van der Waals surface area contributed by atoms with Gasteiger partial charge in [-0.15, -0.1) is 0 Å². The number of pyridine rings is 1. The molecule has 2 amide bonds. The van der Waals surface area contributed by atoms with Crippen molar-refractivity contribution in [3.05, 3.63) is 29.8 Å². The van der Waals surface area contributed by atoms with Crippen LogP contribution in [0.2, 0.25) is 0 Å². The van der Waals surface area contributed by atoms with Crippen LogP contribution >= 0.6 is 0 Å². The number of likely N-dealkylation sites (N-methyl/N-ethyl adjacent to an activating group) is 1. The van der Waals surface area contributed by atoms with Crippen molar-refractivity contribution in [2.75, 3.05) is 20.1 Å². The van der Waals surface area contributed by atoms with Gasteiger partial charge in [0.1, 0.15) is 0 Å². The molecule has 1 atom stereocenters. The number of likely N-dealkylation sites (tertiary alicyclic amines) is 2. The Morgan fingerprint density at radius 3 is 2.91 bits per heavy atom. The summed E-state index contributed by atoms with van der Waals surface area (Å²) in [6, 6.07) is 1.41. The highest BCUT2D eigenvalue weighted by atomic mass is 19.1. The minimum atomic E-state index is -0.597. The van der Waals surface area contributed by atoms with Gasteiger partial charge in [-0.25, -0.2) is 4.39 Å². The maximum atomic E-state index is 13.8. The summed E-state index contributed by atoms with van der Waals surface area (Å²) in [5.41, 5.74) is -0.232. The molecule has 3 rings (SSSR count). The van der Waals surface area contributed by atoms with Gasteiger partial charge in [-0.3, -0.25) is 14.6 Å². The number of piperidine rings is 2. The van der Waals surface area contributed by atoms with Gasteiger partial charge in [-0.1, -0.05) is 0 Å². The summed E-state index contributed by atoms with van der Waals surface area (Å²) < 4.78 is 13.8. The summed E-state index contributed by atoms with van der Waals surface area (Å²) in [4.78, 5) is 31.8. The zero-order valence-electron chi connectivity index (χ0n) is 12.7. The lowest BCUT2D eigenvalue weighted by atomic mass is 9.80. The monoisotopic (exact) mass is 305 g/mol. The molecule has 1 aromatic rings. The van der Waals surface area contributed by atoms with Gasteiger partial charge in [0.2, 0.25) is 5.91 Å². The maximum absolute atomic E-state index is 13.8. The first-order chi connectivity index (χ1) is 10.5. The van der Waals surface area contributed by atoms with E-state index in [9.17, 15) is 14.0 Å². The van der Waals surface area contributed by atoms with E-state index in [0.717, 1.165) is 31.9 Å². The third kappa shape index (κ3) is 2.46. The normalized spacial score (nSPS) is 25.6. The van der Waals surface area contributed by atoms with Crippen LogP contribution in [0.1, 0.15) is 42.5 Å². The van der Waals surface area contributed by atoms with Gasteiger partial charge in [0.25, 0.3) is 5.91 Å². The molecule has 0 aliphatic carbocycles. The summed E-state index contributed by atoms with van der Waals surface area (Å²) >= 11 is 0. The number of carbonyl (C=O) groups is 2. The molecular weight excluding hydrogens is 285 g/mol. The molecule has 0 saturated carbocycles. The van der Waals surface area contributed by atoms with Gasteiger partial charge in [-0.2, -0.15) is 0 Å². The minimum Gasteiger partial charge on any atom is -0.338 e. The van der Waals surface area contributed by atoms with Crippen LogP contribution in [-0.2, 0) is 4.79 Å². The van der Waals surface area contributed by atoms with Crippen LogP contribution in [0.15, 0.2) is 18.5 Å². The Balaban J connectivity index is 1.83. The summed E-state index contributed by atoms with van der Waals surface area (Å²) in [7, 11) is 1.82. The van der Waals surface area contributed by atoms with Crippen molar-refractivity contribution in [3.63, 3.8) is 0 Å². The first-order valence-electron chi connectivity index (χ1n) is 7.69. The molecule has 0 aromatic carbocycles. The van der Waals surface area contributed by atoms with E-state index in [1.165, 1.54) is 12.3 Å². The Kier molecular flexibility index (Phi) is 3.85. The van der Waals surface area contributed by atoms with Crippen molar-refractivity contribution < 1.29 is 14.0 Å². The molecule has 2 aliphatic rings. The van der Waals surface area contributed by atoms with E-state index < -0.39 is 5.82 Å². The van der Waals surface area contributed by atoms with E-state index in [2.05, 4.69) is 4.98 Å². The Morgan fingerprint density at radius 2 is 2.14 bits per heavy atom. The molecule has 2 aliphatic heterocycles. The zero-order valence-corrected chi connectivity index (χ0v) is 12.7. The first-order valence-corrected chi connectivity index (χ1v) is 7.69. The molecule has 5 nitrogen and oxygen atoms in total. The predicted octanol–water partition coefficient (Wildman–Crippen LogP) is 1.84. The lowest BCUT2D eigenvalue weighted by Crippen LogP contribution is -2.61. The molecule has 118 valence electrons.